The molecule has 2 aromatic carbocycles. The lowest BCUT2D eigenvalue weighted by molar-refractivity contribution is -0.870. The third kappa shape index (κ3) is 6.92. The molecule has 0 fully saturated rings. The van der Waals surface area contributed by atoms with Crippen LogP contribution in [0.5, 0.6) is 0 Å². The Morgan fingerprint density at radius 1 is 0.793 bits per heavy atom. The molecule has 0 bridgehead atoms. The fourth-order valence-corrected chi connectivity index (χ4v) is 2.94. The lowest BCUT2D eigenvalue weighted by Gasteiger charge is -2.23. The average Bonchev–Trinajstić information content (AvgIpc) is 2.59. The summed E-state index contributed by atoms with van der Waals surface area (Å²) in [4.78, 5) is 0. The number of hydrogen-bond donors (Lipinski definition) is 0. The molecule has 1 nitrogen and oxygen atoms in total. The highest BCUT2D eigenvalue weighted by Crippen LogP contribution is 2.35. The van der Waals surface area contributed by atoms with Gasteiger partial charge in [-0.2, -0.15) is 26.3 Å². The third-order valence-electron chi connectivity index (χ3n) is 4.38. The molecule has 2 rings (SSSR count). The highest BCUT2D eigenvalue weighted by molar-refractivity contribution is 5.80. The lowest BCUT2D eigenvalue weighted by Crippen LogP contribution is -2.35. The van der Waals surface area contributed by atoms with Gasteiger partial charge < -0.3 is 4.48 Å². The third-order valence-corrected chi connectivity index (χ3v) is 4.38. The van der Waals surface area contributed by atoms with Crippen LogP contribution in [0.15, 0.2) is 54.6 Å². The van der Waals surface area contributed by atoms with Crippen molar-refractivity contribution in [3.63, 3.8) is 0 Å². The van der Waals surface area contributed by atoms with Gasteiger partial charge in [-0.1, -0.05) is 30.3 Å². The Kier molecular flexibility index (Phi) is 6.83. The Labute approximate surface area is 166 Å². The first-order valence-corrected chi connectivity index (χ1v) is 9.13. The maximum atomic E-state index is 13.1. The van der Waals surface area contributed by atoms with Crippen molar-refractivity contribution in [2.75, 3.05) is 27.7 Å². The van der Waals surface area contributed by atoms with Gasteiger partial charge in [0, 0.05) is 6.42 Å². The largest absolute Gasteiger partial charge is 0.416 e. The summed E-state index contributed by atoms with van der Waals surface area (Å²) in [6.45, 7) is 0.828. The highest BCUT2D eigenvalue weighted by Gasteiger charge is 2.32. The van der Waals surface area contributed by atoms with E-state index >= 15 is 0 Å². The molecule has 0 amide bonds. The van der Waals surface area contributed by atoms with Gasteiger partial charge in [-0.3, -0.25) is 0 Å². The first-order chi connectivity index (χ1) is 13.3. The van der Waals surface area contributed by atoms with Crippen LogP contribution in [0.4, 0.5) is 26.3 Å². The first-order valence-electron chi connectivity index (χ1n) is 9.13. The molecule has 0 heterocycles. The van der Waals surface area contributed by atoms with Crippen LogP contribution in [-0.2, 0) is 12.4 Å². The summed E-state index contributed by atoms with van der Waals surface area (Å²) in [5.41, 5.74) is -0.823. The smallest absolute Gasteiger partial charge is 0.331 e. The Morgan fingerprint density at radius 3 is 1.62 bits per heavy atom. The summed E-state index contributed by atoms with van der Waals surface area (Å²) in [6, 6.07) is 9.37. The second-order valence-corrected chi connectivity index (χ2v) is 7.93. The summed E-state index contributed by atoms with van der Waals surface area (Å²) in [6.07, 6.45) is -6.04. The maximum Gasteiger partial charge on any atom is 0.416 e. The molecular formula is C22H24F6N+. The molecule has 29 heavy (non-hydrogen) atoms. The molecule has 0 atom stereocenters. The van der Waals surface area contributed by atoms with E-state index in [0.717, 1.165) is 41.7 Å². The number of benzene rings is 2. The van der Waals surface area contributed by atoms with Crippen molar-refractivity contribution in [1.82, 2.24) is 0 Å². The molecule has 0 spiro atoms. The lowest BCUT2D eigenvalue weighted by atomic mass is 9.94. The van der Waals surface area contributed by atoms with E-state index < -0.39 is 23.5 Å². The molecule has 158 valence electrons. The predicted molar refractivity (Wildman–Crippen MR) is 102 cm³/mol. The van der Waals surface area contributed by atoms with Crippen molar-refractivity contribution in [1.29, 1.82) is 0 Å². The summed E-state index contributed by atoms with van der Waals surface area (Å²) >= 11 is 0. The Hall–Kier alpha value is -2.28. The summed E-state index contributed by atoms with van der Waals surface area (Å²) in [5.74, 6) is 0. The highest BCUT2D eigenvalue weighted by atomic mass is 19.4. The van der Waals surface area contributed by atoms with Crippen molar-refractivity contribution in [2.45, 2.75) is 25.2 Å². The number of halogens is 6. The van der Waals surface area contributed by atoms with Gasteiger partial charge in [0.25, 0.3) is 0 Å². The van der Waals surface area contributed by atoms with Gasteiger partial charge in [0.1, 0.15) is 0 Å². The molecule has 0 unspecified atom stereocenters. The zero-order valence-corrected chi connectivity index (χ0v) is 16.5. The van der Waals surface area contributed by atoms with E-state index in [4.69, 9.17) is 0 Å². The number of unbranched alkanes of at least 4 members (excludes halogenated alkanes) is 1. The quantitative estimate of drug-likeness (QED) is 0.281. The minimum atomic E-state index is -4.53. The van der Waals surface area contributed by atoms with E-state index in [1.54, 1.807) is 6.08 Å². The zero-order chi connectivity index (χ0) is 21.9. The van der Waals surface area contributed by atoms with Gasteiger partial charge in [0.05, 0.1) is 38.8 Å². The number of alkyl halides is 6. The van der Waals surface area contributed by atoms with E-state index in [9.17, 15) is 26.3 Å². The zero-order valence-electron chi connectivity index (χ0n) is 16.5. The normalized spacial score (nSPS) is 12.7. The molecule has 0 aromatic heterocycles. The summed E-state index contributed by atoms with van der Waals surface area (Å²) in [5, 5.41) is 0. The van der Waals surface area contributed by atoms with Crippen molar-refractivity contribution < 1.29 is 30.8 Å². The van der Waals surface area contributed by atoms with Crippen LogP contribution in [0.1, 0.15) is 35.1 Å². The second kappa shape index (κ2) is 8.61. The van der Waals surface area contributed by atoms with Crippen LogP contribution in [0, 0.1) is 0 Å². The van der Waals surface area contributed by atoms with Crippen molar-refractivity contribution >= 4 is 5.57 Å². The number of hydrogen-bond acceptors (Lipinski definition) is 0. The van der Waals surface area contributed by atoms with Gasteiger partial charge in [-0.15, -0.1) is 0 Å². The van der Waals surface area contributed by atoms with Crippen LogP contribution in [0.3, 0.4) is 0 Å². The Morgan fingerprint density at radius 2 is 1.24 bits per heavy atom. The molecule has 0 aliphatic heterocycles. The first kappa shape index (κ1) is 23.0. The van der Waals surface area contributed by atoms with Crippen LogP contribution < -0.4 is 0 Å². The number of nitrogens with zero attached hydrogens (tertiary/aromatic N) is 1. The van der Waals surface area contributed by atoms with Gasteiger partial charge in [0.15, 0.2) is 0 Å². The SMILES string of the molecule is C[N+](C)(C)CCCC=C(c1cccc(C(F)(F)F)c1)c1cccc(C(F)(F)F)c1. The minimum absolute atomic E-state index is 0.240. The van der Waals surface area contributed by atoms with Gasteiger partial charge in [-0.05, 0) is 47.4 Å². The van der Waals surface area contributed by atoms with Crippen molar-refractivity contribution in [3.8, 4) is 0 Å². The number of allylic oxidation sites excluding steroid dienone is 1. The predicted octanol–water partition coefficient (Wildman–Crippen LogP) is 6.64. The van der Waals surface area contributed by atoms with Crippen LogP contribution in [0.2, 0.25) is 0 Å². The molecule has 0 aliphatic carbocycles. The fraction of sp³-hybridized carbons (Fsp3) is 0.364. The van der Waals surface area contributed by atoms with Crippen molar-refractivity contribution in [3.05, 3.63) is 76.9 Å². The monoisotopic (exact) mass is 416 g/mol. The van der Waals surface area contributed by atoms with E-state index in [-0.39, 0.29) is 11.1 Å². The Balaban J connectivity index is 2.47. The van der Waals surface area contributed by atoms with E-state index in [0.29, 0.717) is 12.0 Å². The molecule has 7 heteroatoms. The molecule has 0 radical (unpaired) electrons. The number of quaternary nitrogens is 1. The van der Waals surface area contributed by atoms with Crippen LogP contribution in [-0.4, -0.2) is 32.2 Å². The van der Waals surface area contributed by atoms with Crippen LogP contribution in [0.25, 0.3) is 5.57 Å². The molecule has 0 N–H and O–H groups in total. The topological polar surface area (TPSA) is 0 Å². The average molecular weight is 416 g/mol. The minimum Gasteiger partial charge on any atom is -0.331 e. The van der Waals surface area contributed by atoms with E-state index in [2.05, 4.69) is 0 Å². The molecule has 0 saturated carbocycles. The second-order valence-electron chi connectivity index (χ2n) is 7.93. The molecule has 0 aliphatic rings. The van der Waals surface area contributed by atoms with Gasteiger partial charge in [-0.25, -0.2) is 0 Å². The molecule has 2 aromatic rings. The maximum absolute atomic E-state index is 13.1. The molecule has 0 saturated heterocycles. The van der Waals surface area contributed by atoms with E-state index in [1.165, 1.54) is 24.3 Å². The Bertz CT molecular complexity index is 797. The standard InChI is InChI=1S/C22H24F6N/c1-29(2,3)13-5-4-12-20(16-8-6-10-18(14-16)21(23,24)25)17-9-7-11-19(15-17)22(26,27)28/h6-12,14-15H,4-5,13H2,1-3H3/q+1. The van der Waals surface area contributed by atoms with E-state index in [1.807, 2.05) is 21.1 Å². The fourth-order valence-electron chi connectivity index (χ4n) is 2.94. The summed E-state index contributed by atoms with van der Waals surface area (Å²) < 4.78 is 79.4. The van der Waals surface area contributed by atoms with Crippen LogP contribution >= 0.6 is 0 Å². The summed E-state index contributed by atoms with van der Waals surface area (Å²) in [7, 11) is 6.05. The van der Waals surface area contributed by atoms with Gasteiger partial charge in [0.2, 0.25) is 0 Å². The van der Waals surface area contributed by atoms with Gasteiger partial charge >= 0.3 is 12.4 Å². The van der Waals surface area contributed by atoms with Crippen molar-refractivity contribution in [2.24, 2.45) is 0 Å². The number of rotatable bonds is 6. The molecular weight excluding hydrogens is 392 g/mol.